The molecule has 0 aromatic heterocycles. The molecular formula is C27H37NO2. The van der Waals surface area contributed by atoms with E-state index in [1.54, 1.807) is 0 Å². The van der Waals surface area contributed by atoms with Gasteiger partial charge in [0.05, 0.1) is 0 Å². The van der Waals surface area contributed by atoms with Crippen LogP contribution in [0, 0.1) is 0 Å². The number of amides is 1. The molecule has 0 bridgehead atoms. The van der Waals surface area contributed by atoms with Crippen molar-refractivity contribution in [1.29, 1.82) is 0 Å². The summed E-state index contributed by atoms with van der Waals surface area (Å²) in [5, 5.41) is 0. The third-order valence-corrected chi connectivity index (χ3v) is 6.18. The number of epoxide rings is 1. The van der Waals surface area contributed by atoms with Gasteiger partial charge in [-0.05, 0) is 56.2 Å². The molecule has 1 heterocycles. The summed E-state index contributed by atoms with van der Waals surface area (Å²) >= 11 is 0. The number of hydrogen-bond acceptors (Lipinski definition) is 2. The minimum Gasteiger partial charge on any atom is -0.354 e. The van der Waals surface area contributed by atoms with Crippen LogP contribution in [-0.4, -0.2) is 30.0 Å². The molecule has 1 aliphatic heterocycles. The quantitative estimate of drug-likeness (QED) is 0.296. The van der Waals surface area contributed by atoms with Gasteiger partial charge < -0.3 is 9.64 Å². The molecule has 1 saturated heterocycles. The van der Waals surface area contributed by atoms with Crippen molar-refractivity contribution in [2.45, 2.75) is 77.4 Å². The van der Waals surface area contributed by atoms with Crippen molar-refractivity contribution < 1.29 is 9.53 Å². The third-order valence-electron chi connectivity index (χ3n) is 6.18. The van der Waals surface area contributed by atoms with Gasteiger partial charge in [-0.3, -0.25) is 4.79 Å². The number of carbonyl (C=O) groups excluding carboxylic acids is 1. The van der Waals surface area contributed by atoms with Gasteiger partial charge in [-0.15, -0.1) is 0 Å². The Hall–Kier alpha value is -2.13. The average Bonchev–Trinajstić information content (AvgIpc) is 3.58. The number of nitrogens with zero attached hydrogens (tertiary/aromatic N) is 1. The molecule has 2 aromatic carbocycles. The molecular weight excluding hydrogens is 370 g/mol. The third kappa shape index (κ3) is 6.43. The second-order valence-electron chi connectivity index (χ2n) is 8.29. The van der Waals surface area contributed by atoms with E-state index < -0.39 is 0 Å². The van der Waals surface area contributed by atoms with Crippen LogP contribution in [0.3, 0.4) is 0 Å². The summed E-state index contributed by atoms with van der Waals surface area (Å²) in [5.41, 5.74) is 4.02. The lowest BCUT2D eigenvalue weighted by Gasteiger charge is -2.17. The van der Waals surface area contributed by atoms with Crippen molar-refractivity contribution in [2.24, 2.45) is 0 Å². The lowest BCUT2D eigenvalue weighted by molar-refractivity contribution is -0.132. The highest BCUT2D eigenvalue weighted by Crippen LogP contribution is 2.41. The first-order chi connectivity index (χ1) is 14.7. The zero-order valence-corrected chi connectivity index (χ0v) is 18.7. The van der Waals surface area contributed by atoms with Gasteiger partial charge in [-0.1, -0.05) is 80.3 Å². The summed E-state index contributed by atoms with van der Waals surface area (Å²) in [5.74, 6) is 0.135. The molecule has 0 saturated carbocycles. The fourth-order valence-corrected chi connectivity index (χ4v) is 4.29. The Labute approximate surface area is 182 Å². The first kappa shape index (κ1) is 22.6. The van der Waals surface area contributed by atoms with Gasteiger partial charge >= 0.3 is 0 Å². The molecule has 30 heavy (non-hydrogen) atoms. The van der Waals surface area contributed by atoms with Gasteiger partial charge in [0.15, 0.2) is 6.10 Å². The molecule has 1 fully saturated rings. The Balaban J connectivity index is 1.35. The van der Waals surface area contributed by atoms with Crippen LogP contribution in [0.4, 0.5) is 0 Å². The van der Waals surface area contributed by atoms with Crippen molar-refractivity contribution in [3.05, 3.63) is 71.3 Å². The van der Waals surface area contributed by atoms with E-state index in [1.165, 1.54) is 61.6 Å². The van der Waals surface area contributed by atoms with E-state index in [0.29, 0.717) is 0 Å². The van der Waals surface area contributed by atoms with Gasteiger partial charge in [-0.25, -0.2) is 0 Å². The zero-order valence-electron chi connectivity index (χ0n) is 18.7. The van der Waals surface area contributed by atoms with Crippen molar-refractivity contribution in [3.63, 3.8) is 0 Å². The van der Waals surface area contributed by atoms with E-state index in [1.807, 2.05) is 18.7 Å². The standard InChI is InChI=1S/C27H37NO2/c1-3-28(4-2)27(29)26-25(30-26)24-21-15-14-20-23(24)19-13-8-6-5-7-10-16-22-17-11-9-12-18-22/h9,11-12,14-15,17-18,20-21,25-26H,3-8,10,13,16,19H2,1-2H3/t25-,26+/m0/s1. The topological polar surface area (TPSA) is 32.8 Å². The number of hydrogen-bond donors (Lipinski definition) is 0. The summed E-state index contributed by atoms with van der Waals surface area (Å²) in [7, 11) is 0. The average molecular weight is 408 g/mol. The smallest absolute Gasteiger partial charge is 0.254 e. The largest absolute Gasteiger partial charge is 0.354 e. The fraction of sp³-hybridized carbons (Fsp3) is 0.519. The monoisotopic (exact) mass is 407 g/mol. The Bertz CT molecular complexity index is 769. The number of aryl methyl sites for hydroxylation is 2. The maximum absolute atomic E-state index is 12.5. The number of likely N-dealkylation sites (N-methyl/N-ethyl adjacent to an activating group) is 1. The number of unbranched alkanes of at least 4 members (excludes halogenated alkanes) is 5. The molecule has 2 atom stereocenters. The highest BCUT2D eigenvalue weighted by Gasteiger charge is 2.48. The number of benzene rings is 2. The minimum atomic E-state index is -0.282. The van der Waals surface area contributed by atoms with E-state index in [9.17, 15) is 4.79 Å². The first-order valence-corrected chi connectivity index (χ1v) is 11.8. The van der Waals surface area contributed by atoms with E-state index in [4.69, 9.17) is 4.74 Å². The molecule has 0 aliphatic carbocycles. The summed E-state index contributed by atoms with van der Waals surface area (Å²) in [6.45, 7) is 5.53. The van der Waals surface area contributed by atoms with E-state index >= 15 is 0 Å². The van der Waals surface area contributed by atoms with E-state index in [-0.39, 0.29) is 18.1 Å². The zero-order chi connectivity index (χ0) is 21.2. The van der Waals surface area contributed by atoms with Crippen LogP contribution in [0.25, 0.3) is 0 Å². The van der Waals surface area contributed by atoms with Crippen molar-refractivity contribution in [3.8, 4) is 0 Å². The Morgan fingerprint density at radius 3 is 2.10 bits per heavy atom. The van der Waals surface area contributed by atoms with Crippen LogP contribution >= 0.6 is 0 Å². The van der Waals surface area contributed by atoms with Crippen LogP contribution in [-0.2, 0) is 22.4 Å². The van der Waals surface area contributed by atoms with Crippen molar-refractivity contribution >= 4 is 5.91 Å². The van der Waals surface area contributed by atoms with Crippen LogP contribution in [0.5, 0.6) is 0 Å². The van der Waals surface area contributed by atoms with Crippen LogP contribution in [0.15, 0.2) is 54.6 Å². The van der Waals surface area contributed by atoms with E-state index in [0.717, 1.165) is 19.5 Å². The van der Waals surface area contributed by atoms with Gasteiger partial charge in [-0.2, -0.15) is 0 Å². The summed E-state index contributed by atoms with van der Waals surface area (Å²) < 4.78 is 5.81. The molecule has 0 unspecified atom stereocenters. The number of ether oxygens (including phenoxy) is 1. The van der Waals surface area contributed by atoms with Gasteiger partial charge in [0.2, 0.25) is 0 Å². The number of rotatable bonds is 13. The van der Waals surface area contributed by atoms with Gasteiger partial charge in [0.1, 0.15) is 6.10 Å². The summed E-state index contributed by atoms with van der Waals surface area (Å²) in [4.78, 5) is 14.4. The van der Waals surface area contributed by atoms with Gasteiger partial charge in [0.25, 0.3) is 5.91 Å². The molecule has 3 heteroatoms. The predicted octanol–water partition coefficient (Wildman–Crippen LogP) is 6.12. The van der Waals surface area contributed by atoms with Crippen molar-refractivity contribution in [2.75, 3.05) is 13.1 Å². The normalized spacial score (nSPS) is 17.7. The fourth-order valence-electron chi connectivity index (χ4n) is 4.29. The highest BCUT2D eigenvalue weighted by atomic mass is 16.6. The lowest BCUT2D eigenvalue weighted by Crippen LogP contribution is -2.34. The van der Waals surface area contributed by atoms with Crippen LogP contribution in [0.1, 0.15) is 75.2 Å². The Morgan fingerprint density at radius 2 is 1.40 bits per heavy atom. The van der Waals surface area contributed by atoms with Gasteiger partial charge in [0, 0.05) is 13.1 Å². The lowest BCUT2D eigenvalue weighted by atomic mass is 9.97. The Kier molecular flexibility index (Phi) is 8.95. The van der Waals surface area contributed by atoms with Crippen LogP contribution in [0.2, 0.25) is 0 Å². The van der Waals surface area contributed by atoms with E-state index in [2.05, 4.69) is 54.6 Å². The maximum atomic E-state index is 12.5. The molecule has 2 aromatic rings. The number of carbonyl (C=O) groups is 1. The molecule has 3 nitrogen and oxygen atoms in total. The first-order valence-electron chi connectivity index (χ1n) is 11.8. The van der Waals surface area contributed by atoms with Crippen LogP contribution < -0.4 is 0 Å². The molecule has 1 amide bonds. The van der Waals surface area contributed by atoms with Crippen molar-refractivity contribution in [1.82, 2.24) is 4.90 Å². The molecule has 1 aliphatic rings. The molecule has 162 valence electrons. The Morgan fingerprint density at radius 1 is 0.800 bits per heavy atom. The molecule has 0 radical (unpaired) electrons. The maximum Gasteiger partial charge on any atom is 0.254 e. The molecule has 3 rings (SSSR count). The molecule has 0 spiro atoms. The summed E-state index contributed by atoms with van der Waals surface area (Å²) in [6, 6.07) is 19.3. The highest BCUT2D eigenvalue weighted by molar-refractivity contribution is 5.84. The minimum absolute atomic E-state index is 0.0488. The second kappa shape index (κ2) is 11.9. The SMILES string of the molecule is CCN(CC)C(=O)[C@@H]1O[C@H]1c1ccccc1CCCCCCCCc1ccccc1. The predicted molar refractivity (Wildman–Crippen MR) is 124 cm³/mol. The second-order valence-corrected chi connectivity index (χ2v) is 8.29. The molecule has 0 N–H and O–H groups in total. The summed E-state index contributed by atoms with van der Waals surface area (Å²) in [6.07, 6.45) is 9.65.